The number of thiophene rings is 1. The molecule has 2 saturated heterocycles. The zero-order valence-corrected chi connectivity index (χ0v) is 19.5. The van der Waals surface area contributed by atoms with Gasteiger partial charge >= 0.3 is 0 Å². The van der Waals surface area contributed by atoms with Gasteiger partial charge in [-0.15, -0.1) is 11.3 Å². The molecule has 0 radical (unpaired) electrons. The maximum atomic E-state index is 13.7. The van der Waals surface area contributed by atoms with Crippen LogP contribution in [-0.2, 0) is 9.59 Å². The van der Waals surface area contributed by atoms with E-state index >= 15 is 0 Å². The Labute approximate surface area is 193 Å². The molecule has 0 aliphatic carbocycles. The molecule has 1 spiro atoms. The summed E-state index contributed by atoms with van der Waals surface area (Å²) in [4.78, 5) is 47.4. The van der Waals surface area contributed by atoms with E-state index in [4.69, 9.17) is 0 Å². The minimum absolute atomic E-state index is 0.00918. The van der Waals surface area contributed by atoms with Crippen molar-refractivity contribution in [3.63, 3.8) is 0 Å². The van der Waals surface area contributed by atoms with Crippen molar-refractivity contribution >= 4 is 34.7 Å². The second kappa shape index (κ2) is 9.32. The van der Waals surface area contributed by atoms with Crippen LogP contribution in [0, 0.1) is 0 Å². The molecule has 170 valence electrons. The van der Waals surface area contributed by atoms with Crippen LogP contribution in [0.1, 0.15) is 36.4 Å². The fraction of sp³-hybridized carbons (Fsp3) is 0.458. The molecule has 2 aromatic rings. The number of hydrogen-bond donors (Lipinski definition) is 0. The standard InChI is InChI=1S/C24H30N4O3S/c1-3-25(4-2)21(29)17-27-18-28(19-9-6-5-7-10-19)24(23(27)31)12-14-26(15-13-24)22(30)20-11-8-16-32-20/h5-11,16H,3-4,12-15,17-18H2,1-2H3. The van der Waals surface area contributed by atoms with Crippen molar-refractivity contribution < 1.29 is 14.4 Å². The summed E-state index contributed by atoms with van der Waals surface area (Å²) in [5, 5.41) is 1.90. The maximum absolute atomic E-state index is 13.7. The number of rotatable bonds is 6. The van der Waals surface area contributed by atoms with Gasteiger partial charge in [0, 0.05) is 31.9 Å². The molecule has 0 bridgehead atoms. The van der Waals surface area contributed by atoms with E-state index in [2.05, 4.69) is 4.90 Å². The lowest BCUT2D eigenvalue weighted by atomic mass is 9.85. The first-order valence-corrected chi connectivity index (χ1v) is 12.1. The minimum atomic E-state index is -0.725. The molecule has 0 atom stereocenters. The van der Waals surface area contributed by atoms with Crippen LogP contribution in [0.4, 0.5) is 5.69 Å². The molecule has 0 saturated carbocycles. The fourth-order valence-corrected chi connectivity index (χ4v) is 5.49. The van der Waals surface area contributed by atoms with Crippen molar-refractivity contribution in [1.82, 2.24) is 14.7 Å². The monoisotopic (exact) mass is 454 g/mol. The molecule has 2 aliphatic rings. The third kappa shape index (κ3) is 3.99. The van der Waals surface area contributed by atoms with Crippen LogP contribution in [0.3, 0.4) is 0 Å². The summed E-state index contributed by atoms with van der Waals surface area (Å²) in [6, 6.07) is 13.6. The molecule has 2 fully saturated rings. The van der Waals surface area contributed by atoms with Crippen LogP contribution < -0.4 is 4.90 Å². The number of benzene rings is 1. The van der Waals surface area contributed by atoms with E-state index in [1.54, 1.807) is 9.80 Å². The first kappa shape index (κ1) is 22.3. The largest absolute Gasteiger partial charge is 0.342 e. The summed E-state index contributed by atoms with van der Waals surface area (Å²) < 4.78 is 0. The van der Waals surface area contributed by atoms with Gasteiger partial charge in [-0.25, -0.2) is 0 Å². The average Bonchev–Trinajstić information content (AvgIpc) is 3.44. The van der Waals surface area contributed by atoms with E-state index in [-0.39, 0.29) is 24.3 Å². The number of carbonyl (C=O) groups is 3. The summed E-state index contributed by atoms with van der Waals surface area (Å²) in [6.45, 7) is 6.66. The summed E-state index contributed by atoms with van der Waals surface area (Å²) in [5.41, 5.74) is 0.244. The SMILES string of the molecule is CCN(CC)C(=O)CN1CN(c2ccccc2)C2(CCN(C(=O)c3cccs3)CC2)C1=O. The highest BCUT2D eigenvalue weighted by molar-refractivity contribution is 7.12. The number of amides is 3. The van der Waals surface area contributed by atoms with E-state index in [0.29, 0.717) is 45.7 Å². The Bertz CT molecular complexity index is 951. The van der Waals surface area contributed by atoms with Gasteiger partial charge in [-0.2, -0.15) is 0 Å². The van der Waals surface area contributed by atoms with Crippen molar-refractivity contribution in [1.29, 1.82) is 0 Å². The van der Waals surface area contributed by atoms with Crippen molar-refractivity contribution in [2.24, 2.45) is 0 Å². The number of carbonyl (C=O) groups excluding carboxylic acids is 3. The van der Waals surface area contributed by atoms with Crippen LogP contribution in [-0.4, -0.2) is 77.4 Å². The highest BCUT2D eigenvalue weighted by Gasteiger charge is 2.54. The molecule has 3 heterocycles. The number of anilines is 1. The van der Waals surface area contributed by atoms with E-state index in [1.807, 2.05) is 66.6 Å². The normalized spacial score (nSPS) is 17.8. The van der Waals surface area contributed by atoms with E-state index in [9.17, 15) is 14.4 Å². The van der Waals surface area contributed by atoms with Gasteiger partial charge in [0.1, 0.15) is 12.1 Å². The molecule has 4 rings (SSSR count). The lowest BCUT2D eigenvalue weighted by molar-refractivity contribution is -0.140. The van der Waals surface area contributed by atoms with Gasteiger partial charge < -0.3 is 19.6 Å². The number of likely N-dealkylation sites (tertiary alicyclic amines) is 1. The van der Waals surface area contributed by atoms with Gasteiger partial charge in [0.05, 0.1) is 11.5 Å². The first-order chi connectivity index (χ1) is 15.5. The van der Waals surface area contributed by atoms with Crippen molar-refractivity contribution in [3.8, 4) is 0 Å². The molecular formula is C24H30N4O3S. The van der Waals surface area contributed by atoms with Gasteiger partial charge in [0.25, 0.3) is 11.8 Å². The molecule has 2 aliphatic heterocycles. The summed E-state index contributed by atoms with van der Waals surface area (Å²) in [6.07, 6.45) is 1.10. The second-order valence-electron chi connectivity index (χ2n) is 8.28. The van der Waals surface area contributed by atoms with Crippen molar-refractivity contribution in [2.75, 3.05) is 44.3 Å². The second-order valence-corrected chi connectivity index (χ2v) is 9.22. The predicted octanol–water partition coefficient (Wildman–Crippen LogP) is 2.90. The van der Waals surface area contributed by atoms with Crippen molar-refractivity contribution in [3.05, 3.63) is 52.7 Å². The first-order valence-electron chi connectivity index (χ1n) is 11.2. The lowest BCUT2D eigenvalue weighted by Crippen LogP contribution is -2.57. The fourth-order valence-electron chi connectivity index (χ4n) is 4.80. The van der Waals surface area contributed by atoms with Gasteiger partial charge in [0.2, 0.25) is 5.91 Å². The summed E-state index contributed by atoms with van der Waals surface area (Å²) >= 11 is 1.44. The Morgan fingerprint density at radius 1 is 1.03 bits per heavy atom. The molecule has 1 aromatic heterocycles. The van der Waals surface area contributed by atoms with Crippen LogP contribution in [0.5, 0.6) is 0 Å². The Kier molecular flexibility index (Phi) is 6.50. The Balaban J connectivity index is 1.56. The zero-order valence-electron chi connectivity index (χ0n) is 18.7. The molecule has 0 unspecified atom stereocenters. The highest BCUT2D eigenvalue weighted by Crippen LogP contribution is 2.39. The molecule has 1 aromatic carbocycles. The average molecular weight is 455 g/mol. The number of hydrogen-bond acceptors (Lipinski definition) is 5. The molecule has 0 N–H and O–H groups in total. The number of nitrogens with zero attached hydrogens (tertiary/aromatic N) is 4. The molecule has 32 heavy (non-hydrogen) atoms. The Morgan fingerprint density at radius 2 is 1.72 bits per heavy atom. The molecule has 3 amide bonds. The van der Waals surface area contributed by atoms with Gasteiger partial charge in [-0.3, -0.25) is 14.4 Å². The minimum Gasteiger partial charge on any atom is -0.342 e. The maximum Gasteiger partial charge on any atom is 0.263 e. The highest BCUT2D eigenvalue weighted by atomic mass is 32.1. The van der Waals surface area contributed by atoms with E-state index in [0.717, 1.165) is 10.6 Å². The molecular weight excluding hydrogens is 424 g/mol. The third-order valence-electron chi connectivity index (χ3n) is 6.63. The van der Waals surface area contributed by atoms with Crippen LogP contribution in [0.2, 0.25) is 0 Å². The third-order valence-corrected chi connectivity index (χ3v) is 7.49. The predicted molar refractivity (Wildman–Crippen MR) is 126 cm³/mol. The number of likely N-dealkylation sites (N-methyl/N-ethyl adjacent to an activating group) is 1. The Hall–Kier alpha value is -2.87. The molecule has 7 nitrogen and oxygen atoms in total. The lowest BCUT2D eigenvalue weighted by Gasteiger charge is -2.43. The van der Waals surface area contributed by atoms with Crippen LogP contribution in [0.15, 0.2) is 47.8 Å². The van der Waals surface area contributed by atoms with Gasteiger partial charge in [-0.1, -0.05) is 24.3 Å². The quantitative estimate of drug-likeness (QED) is 0.673. The van der Waals surface area contributed by atoms with Crippen LogP contribution >= 0.6 is 11.3 Å². The number of piperidine rings is 1. The van der Waals surface area contributed by atoms with E-state index in [1.165, 1.54) is 11.3 Å². The van der Waals surface area contributed by atoms with E-state index < -0.39 is 5.54 Å². The summed E-state index contributed by atoms with van der Waals surface area (Å²) in [7, 11) is 0. The van der Waals surface area contributed by atoms with Gasteiger partial charge in [0.15, 0.2) is 0 Å². The van der Waals surface area contributed by atoms with Gasteiger partial charge in [-0.05, 0) is 50.3 Å². The zero-order chi connectivity index (χ0) is 22.7. The number of para-hydroxylation sites is 1. The van der Waals surface area contributed by atoms with Crippen molar-refractivity contribution in [2.45, 2.75) is 32.2 Å². The smallest absolute Gasteiger partial charge is 0.263 e. The topological polar surface area (TPSA) is 64.2 Å². The molecule has 8 heteroatoms. The Morgan fingerprint density at radius 3 is 2.31 bits per heavy atom. The van der Waals surface area contributed by atoms with Crippen LogP contribution in [0.25, 0.3) is 0 Å². The summed E-state index contributed by atoms with van der Waals surface area (Å²) in [5.74, 6) is -0.0103.